The van der Waals surface area contributed by atoms with Gasteiger partial charge >= 0.3 is 0 Å². The van der Waals surface area contributed by atoms with Crippen LogP contribution in [-0.2, 0) is 16.1 Å². The van der Waals surface area contributed by atoms with Crippen molar-refractivity contribution in [3.05, 3.63) is 95.2 Å². The van der Waals surface area contributed by atoms with E-state index in [0.29, 0.717) is 28.6 Å². The number of methoxy groups -OCH3 is 2. The number of imide groups is 1. The van der Waals surface area contributed by atoms with E-state index in [0.717, 1.165) is 11.3 Å². The number of para-hydroxylation sites is 1. The first-order valence-corrected chi connectivity index (χ1v) is 11.2. The maximum absolute atomic E-state index is 13.6. The van der Waals surface area contributed by atoms with Gasteiger partial charge in [0.15, 0.2) is 0 Å². The quantitative estimate of drug-likeness (QED) is 0.471. The van der Waals surface area contributed by atoms with Gasteiger partial charge in [0, 0.05) is 11.3 Å². The highest BCUT2D eigenvalue weighted by molar-refractivity contribution is 6.36. The molecule has 0 unspecified atom stereocenters. The fourth-order valence-electron chi connectivity index (χ4n) is 3.96. The van der Waals surface area contributed by atoms with Crippen LogP contribution >= 0.6 is 0 Å². The van der Waals surface area contributed by atoms with Crippen molar-refractivity contribution in [2.75, 3.05) is 19.5 Å². The molecule has 4 rings (SSSR count). The van der Waals surface area contributed by atoms with Crippen molar-refractivity contribution in [2.24, 2.45) is 0 Å². The van der Waals surface area contributed by atoms with Crippen molar-refractivity contribution in [3.8, 4) is 11.5 Å². The molecule has 0 radical (unpaired) electrons. The average molecular weight is 457 g/mol. The lowest BCUT2D eigenvalue weighted by Crippen LogP contribution is -2.32. The molecule has 0 spiro atoms. The summed E-state index contributed by atoms with van der Waals surface area (Å²) in [4.78, 5) is 28.3. The van der Waals surface area contributed by atoms with Crippen LogP contribution in [0.4, 0.5) is 5.69 Å². The molecule has 1 aliphatic heterocycles. The molecular weight excluding hydrogens is 428 g/mol. The van der Waals surface area contributed by atoms with Gasteiger partial charge in [-0.3, -0.25) is 14.5 Å². The Morgan fingerprint density at radius 3 is 2.12 bits per heavy atom. The number of amides is 2. The minimum absolute atomic E-state index is 0.110. The molecule has 1 aliphatic rings. The molecule has 0 atom stereocenters. The van der Waals surface area contributed by atoms with Gasteiger partial charge in [-0.1, -0.05) is 56.3 Å². The average Bonchev–Trinajstić information content (AvgIpc) is 3.09. The highest BCUT2D eigenvalue weighted by Gasteiger charge is 2.39. The number of carbonyl (C=O) groups excluding carboxylic acids is 2. The Hall–Kier alpha value is -4.06. The SMILES string of the molecule is COc1ccc(C2=C(Nc3ccc(C(C)C)cc3)C(=O)N(Cc3ccccc3OC)C2=O)cc1. The molecule has 6 heteroatoms. The summed E-state index contributed by atoms with van der Waals surface area (Å²) in [5.41, 5.74) is 3.91. The van der Waals surface area contributed by atoms with Gasteiger partial charge in [0.05, 0.1) is 26.3 Å². The summed E-state index contributed by atoms with van der Waals surface area (Å²) in [6.07, 6.45) is 0. The molecule has 174 valence electrons. The molecule has 0 bridgehead atoms. The van der Waals surface area contributed by atoms with Crippen molar-refractivity contribution >= 4 is 23.1 Å². The van der Waals surface area contributed by atoms with Gasteiger partial charge in [-0.2, -0.15) is 0 Å². The van der Waals surface area contributed by atoms with Crippen molar-refractivity contribution in [2.45, 2.75) is 26.3 Å². The lowest BCUT2D eigenvalue weighted by Gasteiger charge is -2.17. The number of ether oxygens (including phenoxy) is 2. The first-order chi connectivity index (χ1) is 16.4. The molecular formula is C28H28N2O4. The zero-order chi connectivity index (χ0) is 24.2. The highest BCUT2D eigenvalue weighted by Crippen LogP contribution is 2.33. The second-order valence-electron chi connectivity index (χ2n) is 8.39. The van der Waals surface area contributed by atoms with Crippen LogP contribution in [0.3, 0.4) is 0 Å². The van der Waals surface area contributed by atoms with Gasteiger partial charge in [0.1, 0.15) is 17.2 Å². The van der Waals surface area contributed by atoms with Crippen LogP contribution in [0.1, 0.15) is 36.5 Å². The number of rotatable bonds is 8. The van der Waals surface area contributed by atoms with Crippen LogP contribution < -0.4 is 14.8 Å². The zero-order valence-corrected chi connectivity index (χ0v) is 19.8. The molecule has 0 fully saturated rings. The monoisotopic (exact) mass is 456 g/mol. The van der Waals surface area contributed by atoms with Crippen molar-refractivity contribution < 1.29 is 19.1 Å². The Balaban J connectivity index is 1.72. The maximum atomic E-state index is 13.6. The van der Waals surface area contributed by atoms with Crippen molar-refractivity contribution in [3.63, 3.8) is 0 Å². The third kappa shape index (κ3) is 4.53. The van der Waals surface area contributed by atoms with Crippen molar-refractivity contribution in [1.82, 2.24) is 4.90 Å². The second-order valence-corrected chi connectivity index (χ2v) is 8.39. The van der Waals surface area contributed by atoms with Gasteiger partial charge < -0.3 is 14.8 Å². The Labute approximate surface area is 199 Å². The number of hydrogen-bond donors (Lipinski definition) is 1. The molecule has 6 nitrogen and oxygen atoms in total. The molecule has 0 aromatic heterocycles. The summed E-state index contributed by atoms with van der Waals surface area (Å²) in [6.45, 7) is 4.36. The van der Waals surface area contributed by atoms with E-state index in [4.69, 9.17) is 9.47 Å². The second kappa shape index (κ2) is 9.83. The molecule has 1 heterocycles. The van der Waals surface area contributed by atoms with E-state index in [2.05, 4.69) is 19.2 Å². The van der Waals surface area contributed by atoms with E-state index in [1.54, 1.807) is 38.5 Å². The molecule has 3 aromatic carbocycles. The maximum Gasteiger partial charge on any atom is 0.278 e. The van der Waals surface area contributed by atoms with E-state index in [9.17, 15) is 9.59 Å². The fraction of sp³-hybridized carbons (Fsp3) is 0.214. The summed E-state index contributed by atoms with van der Waals surface area (Å²) in [6, 6.07) is 22.4. The predicted octanol–water partition coefficient (Wildman–Crippen LogP) is 5.22. The standard InChI is InChI=1S/C28H28N2O4/c1-18(2)19-9-13-22(14-10-19)29-26-25(20-11-15-23(33-3)16-12-20)27(31)30(28(26)32)17-21-7-5-6-8-24(21)34-4/h5-16,18,29H,17H2,1-4H3. The smallest absolute Gasteiger partial charge is 0.278 e. The molecule has 3 aromatic rings. The van der Waals surface area contributed by atoms with E-state index in [1.807, 2.05) is 48.5 Å². The number of carbonyl (C=O) groups is 2. The normalized spacial score (nSPS) is 13.6. The van der Waals surface area contributed by atoms with Crippen LogP contribution in [0.25, 0.3) is 5.57 Å². The molecule has 0 saturated carbocycles. The first kappa shape index (κ1) is 23.1. The van der Waals surface area contributed by atoms with Crippen LogP contribution in [0, 0.1) is 0 Å². The van der Waals surface area contributed by atoms with Gasteiger partial charge in [-0.25, -0.2) is 0 Å². The summed E-state index contributed by atoms with van der Waals surface area (Å²) in [5.74, 6) is 0.955. The fourth-order valence-corrected chi connectivity index (χ4v) is 3.96. The van der Waals surface area contributed by atoms with Gasteiger partial charge in [0.25, 0.3) is 11.8 Å². The van der Waals surface area contributed by atoms with Crippen LogP contribution in [0.2, 0.25) is 0 Å². The topological polar surface area (TPSA) is 67.9 Å². The number of nitrogens with zero attached hydrogens (tertiary/aromatic N) is 1. The summed E-state index contributed by atoms with van der Waals surface area (Å²) < 4.78 is 10.7. The molecule has 0 aliphatic carbocycles. The zero-order valence-electron chi connectivity index (χ0n) is 19.8. The number of nitrogens with one attached hydrogen (secondary N) is 1. The molecule has 1 N–H and O–H groups in total. The van der Waals surface area contributed by atoms with Gasteiger partial charge in [-0.15, -0.1) is 0 Å². The molecule has 34 heavy (non-hydrogen) atoms. The third-order valence-corrected chi connectivity index (χ3v) is 5.91. The number of hydrogen-bond acceptors (Lipinski definition) is 5. The van der Waals surface area contributed by atoms with E-state index >= 15 is 0 Å². The van der Waals surface area contributed by atoms with E-state index in [-0.39, 0.29) is 24.1 Å². The van der Waals surface area contributed by atoms with Crippen LogP contribution in [0.15, 0.2) is 78.5 Å². The first-order valence-electron chi connectivity index (χ1n) is 11.2. The number of benzene rings is 3. The minimum atomic E-state index is -0.380. The molecule has 0 saturated heterocycles. The summed E-state index contributed by atoms with van der Waals surface area (Å²) in [5, 5.41) is 3.21. The highest BCUT2D eigenvalue weighted by atomic mass is 16.5. The lowest BCUT2D eigenvalue weighted by atomic mass is 10.0. The Morgan fingerprint density at radius 1 is 0.824 bits per heavy atom. The van der Waals surface area contributed by atoms with Crippen LogP contribution in [-0.4, -0.2) is 30.9 Å². The molecule has 2 amide bonds. The van der Waals surface area contributed by atoms with Gasteiger partial charge in [0.2, 0.25) is 0 Å². The van der Waals surface area contributed by atoms with Crippen LogP contribution in [0.5, 0.6) is 11.5 Å². The lowest BCUT2D eigenvalue weighted by molar-refractivity contribution is -0.137. The predicted molar refractivity (Wildman–Crippen MR) is 133 cm³/mol. The summed E-state index contributed by atoms with van der Waals surface area (Å²) in [7, 11) is 3.16. The number of anilines is 1. The third-order valence-electron chi connectivity index (χ3n) is 5.91. The Bertz CT molecular complexity index is 1230. The summed E-state index contributed by atoms with van der Waals surface area (Å²) >= 11 is 0. The Kier molecular flexibility index (Phi) is 6.68. The Morgan fingerprint density at radius 2 is 1.50 bits per heavy atom. The largest absolute Gasteiger partial charge is 0.497 e. The van der Waals surface area contributed by atoms with Crippen molar-refractivity contribution in [1.29, 1.82) is 0 Å². The van der Waals surface area contributed by atoms with E-state index in [1.165, 1.54) is 10.5 Å². The minimum Gasteiger partial charge on any atom is -0.497 e. The van der Waals surface area contributed by atoms with Gasteiger partial charge in [-0.05, 0) is 47.4 Å². The van der Waals surface area contributed by atoms with E-state index < -0.39 is 0 Å².